The highest BCUT2D eigenvalue weighted by atomic mass is 16.5. The molecule has 1 aliphatic heterocycles. The van der Waals surface area contributed by atoms with Crippen LogP contribution in [0, 0.1) is 0 Å². The van der Waals surface area contributed by atoms with E-state index in [0.29, 0.717) is 5.88 Å². The molecule has 0 radical (unpaired) electrons. The third-order valence-corrected chi connectivity index (χ3v) is 2.99. The Labute approximate surface area is 105 Å². The summed E-state index contributed by atoms with van der Waals surface area (Å²) in [5.41, 5.74) is 0. The van der Waals surface area contributed by atoms with Gasteiger partial charge in [-0.3, -0.25) is 0 Å². The minimum atomic E-state index is 0.655. The van der Waals surface area contributed by atoms with Crippen molar-refractivity contribution < 1.29 is 4.74 Å². The molecule has 1 heterocycles. The SMILES string of the molecule is COC1=c2\cccc\c2=C\C=c2\cccc\c2=N\1. The van der Waals surface area contributed by atoms with Crippen LogP contribution in [-0.2, 0) is 4.74 Å². The third kappa shape index (κ3) is 1.82. The van der Waals surface area contributed by atoms with Gasteiger partial charge in [0.05, 0.1) is 12.5 Å². The molecule has 0 unspecified atom stereocenters. The first-order chi connectivity index (χ1) is 8.88. The molecule has 2 aromatic carbocycles. The summed E-state index contributed by atoms with van der Waals surface area (Å²) in [6, 6.07) is 16.1. The van der Waals surface area contributed by atoms with Crippen molar-refractivity contribution in [3.8, 4) is 0 Å². The maximum atomic E-state index is 5.43. The second-order valence-corrected chi connectivity index (χ2v) is 4.10. The van der Waals surface area contributed by atoms with Gasteiger partial charge in [-0.15, -0.1) is 0 Å². The van der Waals surface area contributed by atoms with E-state index in [9.17, 15) is 0 Å². The van der Waals surface area contributed by atoms with Crippen molar-refractivity contribution in [1.29, 1.82) is 0 Å². The third-order valence-electron chi connectivity index (χ3n) is 2.99. The molecule has 1 aliphatic rings. The summed E-state index contributed by atoms with van der Waals surface area (Å²) in [6.45, 7) is 0. The van der Waals surface area contributed by atoms with Crippen LogP contribution >= 0.6 is 0 Å². The van der Waals surface area contributed by atoms with E-state index in [4.69, 9.17) is 4.74 Å². The molecule has 18 heavy (non-hydrogen) atoms. The van der Waals surface area contributed by atoms with Gasteiger partial charge in [0.2, 0.25) is 5.88 Å². The lowest BCUT2D eigenvalue weighted by atomic mass is 10.2. The number of nitrogens with zero attached hydrogens (tertiary/aromatic N) is 1. The zero-order valence-electron chi connectivity index (χ0n) is 10.1. The van der Waals surface area contributed by atoms with Gasteiger partial charge in [0.1, 0.15) is 0 Å². The van der Waals surface area contributed by atoms with Crippen LogP contribution in [0.3, 0.4) is 0 Å². The summed E-state index contributed by atoms with van der Waals surface area (Å²) in [6.07, 6.45) is 4.19. The molecular formula is C16H13NO. The first-order valence-electron chi connectivity index (χ1n) is 5.87. The molecule has 88 valence electrons. The van der Waals surface area contributed by atoms with Gasteiger partial charge in [-0.25, -0.2) is 4.99 Å². The first-order valence-corrected chi connectivity index (χ1v) is 5.87. The minimum absolute atomic E-state index is 0.655. The van der Waals surface area contributed by atoms with Crippen molar-refractivity contribution in [2.45, 2.75) is 0 Å². The Hall–Kier alpha value is -2.35. The molecular weight excluding hydrogens is 222 g/mol. The lowest BCUT2D eigenvalue weighted by Gasteiger charge is -2.02. The number of hydrogen-bond donors (Lipinski definition) is 0. The summed E-state index contributed by atoms with van der Waals surface area (Å²) >= 11 is 0. The van der Waals surface area contributed by atoms with Crippen LogP contribution in [0.5, 0.6) is 0 Å². The van der Waals surface area contributed by atoms with Crippen LogP contribution in [0.25, 0.3) is 18.0 Å². The summed E-state index contributed by atoms with van der Waals surface area (Å²) in [4.78, 5) is 4.60. The Bertz CT molecular complexity index is 819. The Morgan fingerprint density at radius 2 is 1.50 bits per heavy atom. The molecule has 0 saturated heterocycles. The largest absolute Gasteiger partial charge is 0.481 e. The first kappa shape index (κ1) is 10.8. The summed E-state index contributed by atoms with van der Waals surface area (Å²) in [5, 5.41) is 4.17. The van der Waals surface area contributed by atoms with E-state index >= 15 is 0 Å². The van der Waals surface area contributed by atoms with Gasteiger partial charge in [-0.05, 0) is 17.4 Å². The van der Waals surface area contributed by atoms with Gasteiger partial charge in [-0.2, -0.15) is 0 Å². The lowest BCUT2D eigenvalue weighted by molar-refractivity contribution is 0.355. The molecule has 0 bridgehead atoms. The molecule has 0 aromatic heterocycles. The molecule has 3 rings (SSSR count). The summed E-state index contributed by atoms with van der Waals surface area (Å²) < 4.78 is 5.43. The molecule has 0 fully saturated rings. The average Bonchev–Trinajstić information content (AvgIpc) is 2.41. The predicted molar refractivity (Wildman–Crippen MR) is 72.3 cm³/mol. The van der Waals surface area contributed by atoms with Crippen molar-refractivity contribution in [2.24, 2.45) is 4.99 Å². The van der Waals surface area contributed by atoms with Crippen molar-refractivity contribution in [3.63, 3.8) is 0 Å². The Balaban J connectivity index is 2.51. The minimum Gasteiger partial charge on any atom is -0.481 e. The molecule has 0 amide bonds. The van der Waals surface area contributed by atoms with Crippen LogP contribution in [0.4, 0.5) is 0 Å². The topological polar surface area (TPSA) is 21.6 Å². The van der Waals surface area contributed by atoms with Gasteiger partial charge >= 0.3 is 0 Å². The standard InChI is InChI=1S/C16H13NO/c1-18-16-14-8-4-2-6-12(14)10-11-13-7-3-5-9-15(13)17-16/h2-11H,1H3/b11-10?,12-10-,13-11-,16-14+,17-15-,17-16?. The van der Waals surface area contributed by atoms with Crippen LogP contribution in [0.15, 0.2) is 53.5 Å². The fraction of sp³-hybridized carbons (Fsp3) is 0.0625. The van der Waals surface area contributed by atoms with Crippen molar-refractivity contribution in [3.05, 3.63) is 69.5 Å². The maximum Gasteiger partial charge on any atom is 0.221 e. The highest BCUT2D eigenvalue weighted by Crippen LogP contribution is 1.93. The van der Waals surface area contributed by atoms with Crippen LogP contribution < -0.4 is 21.0 Å². The number of fused-ring (bicyclic) bond motifs is 2. The van der Waals surface area contributed by atoms with E-state index < -0.39 is 0 Å². The zero-order valence-corrected chi connectivity index (χ0v) is 10.1. The molecule has 2 nitrogen and oxygen atoms in total. The van der Waals surface area contributed by atoms with E-state index in [1.807, 2.05) is 36.4 Å². The van der Waals surface area contributed by atoms with Crippen molar-refractivity contribution in [1.82, 2.24) is 0 Å². The van der Waals surface area contributed by atoms with Gasteiger partial charge < -0.3 is 4.74 Å². The average molecular weight is 235 g/mol. The van der Waals surface area contributed by atoms with Gasteiger partial charge in [0.15, 0.2) is 0 Å². The summed E-state index contributed by atoms with van der Waals surface area (Å²) in [5.74, 6) is 0.655. The summed E-state index contributed by atoms with van der Waals surface area (Å²) in [7, 11) is 1.66. The molecule has 0 atom stereocenters. The number of methoxy groups -OCH3 is 1. The van der Waals surface area contributed by atoms with Gasteiger partial charge in [0, 0.05) is 10.4 Å². The predicted octanol–water partition coefficient (Wildman–Crippen LogP) is 0.293. The Kier molecular flexibility index (Phi) is 2.69. The quantitative estimate of drug-likeness (QED) is 0.696. The van der Waals surface area contributed by atoms with Crippen molar-refractivity contribution in [2.75, 3.05) is 7.11 Å². The van der Waals surface area contributed by atoms with Crippen molar-refractivity contribution >= 4 is 18.0 Å². The van der Waals surface area contributed by atoms with Crippen LogP contribution in [0.1, 0.15) is 0 Å². The second-order valence-electron chi connectivity index (χ2n) is 4.10. The van der Waals surface area contributed by atoms with E-state index in [0.717, 1.165) is 21.0 Å². The lowest BCUT2D eigenvalue weighted by Crippen LogP contribution is -2.32. The zero-order chi connectivity index (χ0) is 12.4. The molecule has 0 spiro atoms. The number of benzene rings is 2. The van der Waals surface area contributed by atoms with Crippen LogP contribution in [0.2, 0.25) is 0 Å². The Morgan fingerprint density at radius 3 is 2.33 bits per heavy atom. The molecule has 2 aromatic rings. The van der Waals surface area contributed by atoms with E-state index in [2.05, 4.69) is 29.3 Å². The number of rotatable bonds is 1. The van der Waals surface area contributed by atoms with E-state index in [-0.39, 0.29) is 0 Å². The molecule has 0 saturated carbocycles. The maximum absolute atomic E-state index is 5.43. The highest BCUT2D eigenvalue weighted by Gasteiger charge is 1.98. The fourth-order valence-electron chi connectivity index (χ4n) is 2.07. The molecule has 0 N–H and O–H groups in total. The van der Waals surface area contributed by atoms with Gasteiger partial charge in [0.25, 0.3) is 0 Å². The Morgan fingerprint density at radius 1 is 0.833 bits per heavy atom. The fourth-order valence-corrected chi connectivity index (χ4v) is 2.07. The molecule has 0 aliphatic carbocycles. The molecule has 2 heteroatoms. The van der Waals surface area contributed by atoms with E-state index in [1.54, 1.807) is 7.11 Å². The normalized spacial score (nSPS) is 21.5. The second kappa shape index (κ2) is 4.49. The number of para-hydroxylation sites is 1. The van der Waals surface area contributed by atoms with Crippen LogP contribution in [-0.4, -0.2) is 7.11 Å². The number of hydrogen-bond acceptors (Lipinski definition) is 2. The number of ether oxygens (including phenoxy) is 1. The smallest absolute Gasteiger partial charge is 0.221 e. The highest BCUT2D eigenvalue weighted by molar-refractivity contribution is 5.62. The monoisotopic (exact) mass is 235 g/mol. The van der Waals surface area contributed by atoms with E-state index in [1.165, 1.54) is 0 Å². The van der Waals surface area contributed by atoms with Gasteiger partial charge in [-0.1, -0.05) is 48.6 Å².